The minimum absolute atomic E-state index is 0.0461. The van der Waals surface area contributed by atoms with E-state index in [0.29, 0.717) is 18.5 Å². The van der Waals surface area contributed by atoms with Crippen LogP contribution in [0.1, 0.15) is 60.8 Å². The number of rotatable bonds is 3. The van der Waals surface area contributed by atoms with Crippen LogP contribution in [0.3, 0.4) is 0 Å². The summed E-state index contributed by atoms with van der Waals surface area (Å²) in [6, 6.07) is 18.4. The molecule has 1 N–H and O–H groups in total. The number of carbonyl (C=O) groups excluding carboxylic acids is 2. The minimum Gasteiger partial charge on any atom is -0.356 e. The Morgan fingerprint density at radius 2 is 1.75 bits per heavy atom. The molecule has 0 aromatic heterocycles. The number of benzene rings is 2. The van der Waals surface area contributed by atoms with Gasteiger partial charge in [0.2, 0.25) is 11.8 Å². The van der Waals surface area contributed by atoms with Crippen molar-refractivity contribution in [2.75, 3.05) is 19.6 Å². The summed E-state index contributed by atoms with van der Waals surface area (Å²) in [6.07, 6.45) is 6.61. The molecule has 3 aliphatic rings. The van der Waals surface area contributed by atoms with Crippen LogP contribution >= 0.6 is 0 Å². The largest absolute Gasteiger partial charge is 0.356 e. The fourth-order valence-corrected chi connectivity index (χ4v) is 6.26. The average molecular weight is 485 g/mol. The zero-order valence-electron chi connectivity index (χ0n) is 21.0. The molecule has 2 fully saturated rings. The van der Waals surface area contributed by atoms with Gasteiger partial charge in [0.1, 0.15) is 0 Å². The van der Waals surface area contributed by atoms with E-state index >= 15 is 0 Å². The maximum Gasteiger partial charge on any atom is 0.226 e. The lowest BCUT2D eigenvalue weighted by Crippen LogP contribution is -2.44. The summed E-state index contributed by atoms with van der Waals surface area (Å²) in [5.41, 5.74) is 4.38. The molecule has 0 radical (unpaired) electrons. The fourth-order valence-electron chi connectivity index (χ4n) is 6.26. The quantitative estimate of drug-likeness (QED) is 0.714. The molecule has 2 heterocycles. The van der Waals surface area contributed by atoms with Crippen molar-refractivity contribution >= 4 is 11.8 Å². The Morgan fingerprint density at radius 1 is 0.972 bits per heavy atom. The number of nitrogens with zero attached hydrogens (tertiary/aromatic N) is 3. The van der Waals surface area contributed by atoms with Crippen LogP contribution in [-0.4, -0.2) is 47.3 Å². The van der Waals surface area contributed by atoms with E-state index in [1.807, 2.05) is 35.2 Å². The van der Waals surface area contributed by atoms with Crippen molar-refractivity contribution in [1.82, 2.24) is 15.1 Å². The van der Waals surface area contributed by atoms with Crippen molar-refractivity contribution in [3.63, 3.8) is 0 Å². The van der Waals surface area contributed by atoms with Gasteiger partial charge in [-0.3, -0.25) is 14.5 Å². The molecule has 0 spiro atoms. The highest BCUT2D eigenvalue weighted by Gasteiger charge is 2.45. The van der Waals surface area contributed by atoms with E-state index < -0.39 is 0 Å². The molecule has 6 nitrogen and oxygen atoms in total. The van der Waals surface area contributed by atoms with Crippen molar-refractivity contribution in [3.8, 4) is 6.07 Å². The Kier molecular flexibility index (Phi) is 7.67. The number of amides is 2. The molecule has 0 unspecified atom stereocenters. The zero-order chi connectivity index (χ0) is 24.9. The summed E-state index contributed by atoms with van der Waals surface area (Å²) in [5, 5.41) is 12.3. The fraction of sp³-hybridized carbons (Fsp3) is 0.500. The molecule has 36 heavy (non-hydrogen) atoms. The van der Waals surface area contributed by atoms with E-state index in [9.17, 15) is 9.59 Å². The second-order valence-corrected chi connectivity index (χ2v) is 10.6. The summed E-state index contributed by atoms with van der Waals surface area (Å²) < 4.78 is 0. The molecule has 5 rings (SSSR count). The topological polar surface area (TPSA) is 76.4 Å². The first-order chi connectivity index (χ1) is 17.6. The first-order valence-corrected chi connectivity index (χ1v) is 13.5. The molecule has 0 bridgehead atoms. The van der Waals surface area contributed by atoms with Crippen LogP contribution in [-0.2, 0) is 29.1 Å². The van der Waals surface area contributed by atoms with Gasteiger partial charge < -0.3 is 10.2 Å². The normalized spacial score (nSPS) is 25.1. The van der Waals surface area contributed by atoms with Gasteiger partial charge >= 0.3 is 0 Å². The maximum atomic E-state index is 13.7. The van der Waals surface area contributed by atoms with E-state index in [-0.39, 0.29) is 29.7 Å². The van der Waals surface area contributed by atoms with E-state index in [1.54, 1.807) is 0 Å². The van der Waals surface area contributed by atoms with Gasteiger partial charge in [0.25, 0.3) is 0 Å². The molecule has 1 aliphatic carbocycles. The lowest BCUT2D eigenvalue weighted by molar-refractivity contribution is -0.136. The van der Waals surface area contributed by atoms with Crippen LogP contribution in [0.15, 0.2) is 48.5 Å². The van der Waals surface area contributed by atoms with Gasteiger partial charge in [0.15, 0.2) is 0 Å². The summed E-state index contributed by atoms with van der Waals surface area (Å²) in [5.74, 6) is 0.0103. The van der Waals surface area contributed by atoms with Crippen molar-refractivity contribution in [3.05, 3.63) is 70.8 Å². The van der Waals surface area contributed by atoms with E-state index in [1.165, 1.54) is 11.1 Å². The van der Waals surface area contributed by atoms with Gasteiger partial charge in [-0.2, -0.15) is 5.26 Å². The standard InChI is InChI=1S/C30H36N4O2/c31-19-22-9-11-23(12-10-22)20-33-15-6-2-1-5-14-32-29(35)27-17-26(18-28(27)33)30(36)34-16-13-24-7-3-4-8-25(24)21-34/h3-4,7-12,26-28H,1-2,5-6,13-18,20-21H2,(H,32,35)/t26-,27-,28+/m1/s1. The number of fused-ring (bicyclic) bond motifs is 2. The monoisotopic (exact) mass is 484 g/mol. The lowest BCUT2D eigenvalue weighted by Gasteiger charge is -2.33. The number of hydrogen-bond donors (Lipinski definition) is 1. The lowest BCUT2D eigenvalue weighted by atomic mass is 9.97. The predicted octanol–water partition coefficient (Wildman–Crippen LogP) is 4.03. The summed E-state index contributed by atoms with van der Waals surface area (Å²) in [7, 11) is 0. The highest BCUT2D eigenvalue weighted by atomic mass is 16.2. The summed E-state index contributed by atoms with van der Waals surface area (Å²) >= 11 is 0. The molecule has 1 saturated carbocycles. The first kappa shape index (κ1) is 24.5. The summed E-state index contributed by atoms with van der Waals surface area (Å²) in [4.78, 5) is 31.5. The second-order valence-electron chi connectivity index (χ2n) is 10.6. The van der Waals surface area contributed by atoms with Crippen LogP contribution in [0, 0.1) is 23.2 Å². The van der Waals surface area contributed by atoms with Crippen molar-refractivity contribution in [1.29, 1.82) is 5.26 Å². The van der Waals surface area contributed by atoms with Gasteiger partial charge in [-0.05, 0) is 67.5 Å². The molecule has 1 saturated heterocycles. The summed E-state index contributed by atoms with van der Waals surface area (Å²) in [6.45, 7) is 3.80. The first-order valence-electron chi connectivity index (χ1n) is 13.5. The highest BCUT2D eigenvalue weighted by Crippen LogP contribution is 2.38. The molecule has 2 amide bonds. The third kappa shape index (κ3) is 5.47. The zero-order valence-corrected chi connectivity index (χ0v) is 21.0. The van der Waals surface area contributed by atoms with E-state index in [2.05, 4.69) is 34.5 Å². The van der Waals surface area contributed by atoms with Gasteiger partial charge in [-0.1, -0.05) is 49.2 Å². The maximum absolute atomic E-state index is 13.7. The number of nitrogens with one attached hydrogen (secondary N) is 1. The van der Waals surface area contributed by atoms with Crippen LogP contribution in [0.5, 0.6) is 0 Å². The molecule has 2 aromatic rings. The number of nitriles is 1. The van der Waals surface area contributed by atoms with Crippen molar-refractivity contribution in [2.24, 2.45) is 11.8 Å². The smallest absolute Gasteiger partial charge is 0.226 e. The van der Waals surface area contributed by atoms with Gasteiger partial charge in [0.05, 0.1) is 17.6 Å². The minimum atomic E-state index is -0.174. The molecule has 6 heteroatoms. The SMILES string of the molecule is N#Cc1ccc(CN2CCCCCCNC(=O)[C@@H]3C[C@@H](C(=O)N4CCc5ccccc5C4)C[C@@H]32)cc1. The molecular formula is C30H36N4O2. The third-order valence-electron chi connectivity index (χ3n) is 8.27. The van der Waals surface area contributed by atoms with Crippen LogP contribution in [0.25, 0.3) is 0 Å². The van der Waals surface area contributed by atoms with Crippen molar-refractivity contribution < 1.29 is 9.59 Å². The van der Waals surface area contributed by atoms with Crippen molar-refractivity contribution in [2.45, 2.75) is 64.1 Å². The Morgan fingerprint density at radius 3 is 2.56 bits per heavy atom. The van der Waals surface area contributed by atoms with Gasteiger partial charge in [-0.15, -0.1) is 0 Å². The van der Waals surface area contributed by atoms with Crippen LogP contribution < -0.4 is 5.32 Å². The number of carbonyl (C=O) groups is 2. The molecule has 2 aliphatic heterocycles. The highest BCUT2D eigenvalue weighted by molar-refractivity contribution is 5.84. The van der Waals surface area contributed by atoms with E-state index in [4.69, 9.17) is 5.26 Å². The third-order valence-corrected chi connectivity index (χ3v) is 8.27. The Bertz CT molecular complexity index is 1120. The van der Waals surface area contributed by atoms with Crippen LogP contribution in [0.4, 0.5) is 0 Å². The van der Waals surface area contributed by atoms with E-state index in [0.717, 1.165) is 70.3 Å². The Labute approximate surface area is 214 Å². The Balaban J connectivity index is 1.35. The van der Waals surface area contributed by atoms with Gasteiger partial charge in [-0.25, -0.2) is 0 Å². The average Bonchev–Trinajstić information content (AvgIpc) is 3.36. The second kappa shape index (κ2) is 11.3. The molecular weight excluding hydrogens is 448 g/mol. The Hall–Kier alpha value is -3.17. The number of hydrogen-bond acceptors (Lipinski definition) is 4. The predicted molar refractivity (Wildman–Crippen MR) is 139 cm³/mol. The molecule has 188 valence electrons. The molecule has 3 atom stereocenters. The molecule has 2 aromatic carbocycles. The van der Waals surface area contributed by atoms with Gasteiger partial charge in [0, 0.05) is 38.1 Å². The van der Waals surface area contributed by atoms with Crippen LogP contribution in [0.2, 0.25) is 0 Å².